The van der Waals surface area contributed by atoms with E-state index in [1.54, 1.807) is 7.05 Å². The summed E-state index contributed by atoms with van der Waals surface area (Å²) in [5.41, 5.74) is -0.465. The SMILES string of the molecule is CNCCOCCOCCN(C)C(=O)OC(C)(C)C. The van der Waals surface area contributed by atoms with Crippen LogP contribution in [0.5, 0.6) is 0 Å². The average Bonchev–Trinajstić information content (AvgIpc) is 2.30. The monoisotopic (exact) mass is 276 g/mol. The summed E-state index contributed by atoms with van der Waals surface area (Å²) in [5, 5.41) is 2.99. The molecule has 0 aromatic heterocycles. The summed E-state index contributed by atoms with van der Waals surface area (Å²) in [6.45, 7) is 9.13. The van der Waals surface area contributed by atoms with Gasteiger partial charge in [-0.3, -0.25) is 0 Å². The van der Waals surface area contributed by atoms with Crippen molar-refractivity contribution >= 4 is 6.09 Å². The number of likely N-dealkylation sites (N-methyl/N-ethyl adjacent to an activating group) is 2. The zero-order valence-electron chi connectivity index (χ0n) is 12.8. The molecular weight excluding hydrogens is 248 g/mol. The van der Waals surface area contributed by atoms with Gasteiger partial charge in [0, 0.05) is 20.1 Å². The van der Waals surface area contributed by atoms with Crippen molar-refractivity contribution in [1.29, 1.82) is 0 Å². The Balaban J connectivity index is 3.48. The number of hydrogen-bond donors (Lipinski definition) is 1. The van der Waals surface area contributed by atoms with Crippen molar-refractivity contribution in [3.63, 3.8) is 0 Å². The van der Waals surface area contributed by atoms with Crippen molar-refractivity contribution < 1.29 is 19.0 Å². The van der Waals surface area contributed by atoms with Crippen LogP contribution in [0.15, 0.2) is 0 Å². The van der Waals surface area contributed by atoms with E-state index in [0.717, 1.165) is 6.54 Å². The van der Waals surface area contributed by atoms with Gasteiger partial charge in [-0.2, -0.15) is 0 Å². The molecule has 1 amide bonds. The van der Waals surface area contributed by atoms with Gasteiger partial charge in [-0.25, -0.2) is 4.79 Å². The van der Waals surface area contributed by atoms with E-state index in [9.17, 15) is 4.79 Å². The number of hydrogen-bond acceptors (Lipinski definition) is 5. The maximum absolute atomic E-state index is 11.6. The molecule has 114 valence electrons. The number of nitrogens with zero attached hydrogens (tertiary/aromatic N) is 1. The fourth-order valence-corrected chi connectivity index (χ4v) is 1.13. The third-order valence-electron chi connectivity index (χ3n) is 2.14. The van der Waals surface area contributed by atoms with Crippen LogP contribution in [-0.2, 0) is 14.2 Å². The van der Waals surface area contributed by atoms with Crippen molar-refractivity contribution in [1.82, 2.24) is 10.2 Å². The first-order valence-corrected chi connectivity index (χ1v) is 6.61. The lowest BCUT2D eigenvalue weighted by molar-refractivity contribution is 0.0163. The van der Waals surface area contributed by atoms with Gasteiger partial charge in [-0.05, 0) is 27.8 Å². The highest BCUT2D eigenvalue weighted by molar-refractivity contribution is 5.67. The molecule has 19 heavy (non-hydrogen) atoms. The lowest BCUT2D eigenvalue weighted by Gasteiger charge is -2.24. The minimum absolute atomic E-state index is 0.332. The Hall–Kier alpha value is -0.850. The second-order valence-electron chi connectivity index (χ2n) is 5.23. The maximum atomic E-state index is 11.6. The molecule has 0 spiro atoms. The minimum Gasteiger partial charge on any atom is -0.444 e. The second-order valence-corrected chi connectivity index (χ2v) is 5.23. The topological polar surface area (TPSA) is 60.0 Å². The van der Waals surface area contributed by atoms with Crippen LogP contribution in [0, 0.1) is 0 Å². The largest absolute Gasteiger partial charge is 0.444 e. The molecule has 0 rings (SSSR count). The van der Waals surface area contributed by atoms with Gasteiger partial charge < -0.3 is 24.4 Å². The first kappa shape index (κ1) is 18.1. The molecule has 0 aromatic carbocycles. The van der Waals surface area contributed by atoms with E-state index in [1.807, 2.05) is 27.8 Å². The number of rotatable bonds is 9. The summed E-state index contributed by atoms with van der Waals surface area (Å²) in [6, 6.07) is 0. The van der Waals surface area contributed by atoms with E-state index in [1.165, 1.54) is 4.90 Å². The minimum atomic E-state index is -0.465. The van der Waals surface area contributed by atoms with Crippen molar-refractivity contribution in [3.8, 4) is 0 Å². The molecule has 0 aliphatic rings. The molecule has 0 fully saturated rings. The van der Waals surface area contributed by atoms with Gasteiger partial charge in [0.2, 0.25) is 0 Å². The third kappa shape index (κ3) is 11.9. The molecule has 1 N–H and O–H groups in total. The number of carbonyl (C=O) groups excluding carboxylic acids is 1. The van der Waals surface area contributed by atoms with Crippen LogP contribution in [0.4, 0.5) is 4.79 Å². The molecule has 0 unspecified atom stereocenters. The van der Waals surface area contributed by atoms with E-state index >= 15 is 0 Å². The second kappa shape index (κ2) is 10.00. The Morgan fingerprint density at radius 1 is 1.11 bits per heavy atom. The van der Waals surface area contributed by atoms with Gasteiger partial charge in [-0.1, -0.05) is 0 Å². The number of ether oxygens (including phenoxy) is 3. The van der Waals surface area contributed by atoms with Crippen molar-refractivity contribution in [2.75, 3.05) is 53.6 Å². The van der Waals surface area contributed by atoms with Crippen molar-refractivity contribution in [3.05, 3.63) is 0 Å². The zero-order valence-corrected chi connectivity index (χ0v) is 12.8. The fraction of sp³-hybridized carbons (Fsp3) is 0.923. The summed E-state index contributed by atoms with van der Waals surface area (Å²) >= 11 is 0. The first-order chi connectivity index (χ1) is 8.87. The summed E-state index contributed by atoms with van der Waals surface area (Å²) in [4.78, 5) is 13.1. The van der Waals surface area contributed by atoms with Gasteiger partial charge in [-0.15, -0.1) is 0 Å². The highest BCUT2D eigenvalue weighted by Crippen LogP contribution is 2.08. The van der Waals surface area contributed by atoms with Crippen LogP contribution in [0.3, 0.4) is 0 Å². The van der Waals surface area contributed by atoms with Crippen molar-refractivity contribution in [2.24, 2.45) is 0 Å². The van der Waals surface area contributed by atoms with Crippen LogP contribution in [0.25, 0.3) is 0 Å². The van der Waals surface area contributed by atoms with E-state index in [0.29, 0.717) is 33.0 Å². The highest BCUT2D eigenvalue weighted by atomic mass is 16.6. The lowest BCUT2D eigenvalue weighted by atomic mass is 10.2. The summed E-state index contributed by atoms with van der Waals surface area (Å²) in [7, 11) is 3.58. The molecule has 6 nitrogen and oxygen atoms in total. The standard InChI is InChI=1S/C13H28N2O4/c1-13(2,3)19-12(16)15(5)7-9-18-11-10-17-8-6-14-4/h14H,6-11H2,1-5H3. The predicted molar refractivity (Wildman–Crippen MR) is 74.4 cm³/mol. The van der Waals surface area contributed by atoms with E-state index < -0.39 is 5.60 Å². The molecule has 0 bridgehead atoms. The summed E-state index contributed by atoms with van der Waals surface area (Å²) < 4.78 is 15.9. The predicted octanol–water partition coefficient (Wildman–Crippen LogP) is 1.11. The molecule has 0 saturated heterocycles. The van der Waals surface area contributed by atoms with Gasteiger partial charge >= 0.3 is 6.09 Å². The highest BCUT2D eigenvalue weighted by Gasteiger charge is 2.19. The smallest absolute Gasteiger partial charge is 0.410 e. The molecule has 0 aliphatic carbocycles. The van der Waals surface area contributed by atoms with Crippen LogP contribution in [0.1, 0.15) is 20.8 Å². The molecule has 0 radical (unpaired) electrons. The molecule has 0 atom stereocenters. The van der Waals surface area contributed by atoms with Crippen LogP contribution < -0.4 is 5.32 Å². The number of carbonyl (C=O) groups is 1. The normalized spacial score (nSPS) is 11.4. The Bertz CT molecular complexity index is 241. The van der Waals surface area contributed by atoms with Gasteiger partial charge in [0.05, 0.1) is 26.4 Å². The Morgan fingerprint density at radius 3 is 2.21 bits per heavy atom. The first-order valence-electron chi connectivity index (χ1n) is 6.61. The Morgan fingerprint density at radius 2 is 1.68 bits per heavy atom. The molecule has 0 aromatic rings. The van der Waals surface area contributed by atoms with E-state index in [-0.39, 0.29) is 6.09 Å². The van der Waals surface area contributed by atoms with Gasteiger partial charge in [0.25, 0.3) is 0 Å². The van der Waals surface area contributed by atoms with Gasteiger partial charge in [0.15, 0.2) is 0 Å². The van der Waals surface area contributed by atoms with Crippen molar-refractivity contribution in [2.45, 2.75) is 26.4 Å². The molecular formula is C13H28N2O4. The molecule has 0 heterocycles. The molecule has 0 saturated carbocycles. The van der Waals surface area contributed by atoms with Gasteiger partial charge in [0.1, 0.15) is 5.60 Å². The van der Waals surface area contributed by atoms with Crippen LogP contribution in [0.2, 0.25) is 0 Å². The van der Waals surface area contributed by atoms with E-state index in [2.05, 4.69) is 5.32 Å². The lowest BCUT2D eigenvalue weighted by Crippen LogP contribution is -2.36. The number of amides is 1. The fourth-order valence-electron chi connectivity index (χ4n) is 1.13. The third-order valence-corrected chi connectivity index (χ3v) is 2.14. The Kier molecular flexibility index (Phi) is 9.55. The average molecular weight is 276 g/mol. The summed E-state index contributed by atoms with van der Waals surface area (Å²) in [5.74, 6) is 0. The molecule has 0 aliphatic heterocycles. The Labute approximate surface area is 116 Å². The summed E-state index contributed by atoms with van der Waals surface area (Å²) in [6.07, 6.45) is -0.332. The molecule has 6 heteroatoms. The van der Waals surface area contributed by atoms with Crippen LogP contribution in [-0.4, -0.2) is 70.2 Å². The van der Waals surface area contributed by atoms with E-state index in [4.69, 9.17) is 14.2 Å². The number of nitrogens with one attached hydrogen (secondary N) is 1. The zero-order chi connectivity index (χ0) is 14.7. The maximum Gasteiger partial charge on any atom is 0.410 e. The van der Waals surface area contributed by atoms with Crippen LogP contribution >= 0.6 is 0 Å². The quantitative estimate of drug-likeness (QED) is 0.639.